The van der Waals surface area contributed by atoms with Crippen LogP contribution < -0.4 is 44.8 Å². The van der Waals surface area contributed by atoms with E-state index in [1.807, 2.05) is 53.6 Å². The van der Waals surface area contributed by atoms with Crippen LogP contribution in [0.4, 0.5) is 72.0 Å². The fraction of sp³-hybridized carbons (Fsp3) is 0.333. The van der Waals surface area contributed by atoms with Gasteiger partial charge in [0, 0.05) is 73.4 Å². The van der Waals surface area contributed by atoms with Gasteiger partial charge in [0.1, 0.15) is 0 Å². The summed E-state index contributed by atoms with van der Waals surface area (Å²) in [5, 5.41) is 18.4. The maximum atomic E-state index is 13.3. The number of halogens is 14. The van der Waals surface area contributed by atoms with E-state index >= 15 is 0 Å². The molecule has 0 saturated carbocycles. The summed E-state index contributed by atoms with van der Waals surface area (Å²) in [5.41, 5.74) is 7.86. The molecule has 0 saturated heterocycles. The quantitative estimate of drug-likeness (QED) is 0.0168. The molecule has 0 spiro atoms. The van der Waals surface area contributed by atoms with Gasteiger partial charge in [-0.3, -0.25) is 19.4 Å². The Kier molecular flexibility index (Phi) is 41.5. The van der Waals surface area contributed by atoms with E-state index in [0.29, 0.717) is 66.1 Å². The Labute approximate surface area is 658 Å². The molecule has 0 aliphatic carbocycles. The fourth-order valence-electron chi connectivity index (χ4n) is 8.87. The number of nitrogens with two attached hydrogens (primary N) is 1. The second kappa shape index (κ2) is 46.9. The number of unbranched alkanes of at least 4 members (excludes halogenated alkanes) is 2. The fourth-order valence-corrected chi connectivity index (χ4v) is 11.9. The van der Waals surface area contributed by atoms with E-state index in [-0.39, 0.29) is 60.0 Å². The number of aromatic nitrogens is 3. The zero-order chi connectivity index (χ0) is 77.1. The lowest BCUT2D eigenvalue weighted by molar-refractivity contribution is -0.870. The van der Waals surface area contributed by atoms with Crippen molar-refractivity contribution in [2.45, 2.75) is 77.2 Å². The van der Waals surface area contributed by atoms with Crippen LogP contribution in [-0.4, -0.2) is 131 Å². The molecule has 557 valence electrons. The summed E-state index contributed by atoms with van der Waals surface area (Å²) in [5.74, 6) is -0.585. The first-order chi connectivity index (χ1) is 48.6. The van der Waals surface area contributed by atoms with E-state index in [4.69, 9.17) is 47.1 Å². The number of quaternary nitrogens is 1. The number of nitrogens with zero attached hydrogens (tertiary/aromatic N) is 9. The number of amides is 2. The highest BCUT2D eigenvalue weighted by atomic mass is 127. The average molecular weight is 1770 g/mol. The average Bonchev–Trinajstić information content (AvgIpc) is 1.55. The molecule has 0 aliphatic rings. The van der Waals surface area contributed by atoms with Crippen LogP contribution in [0, 0.1) is 11.3 Å². The van der Waals surface area contributed by atoms with E-state index in [1.54, 1.807) is 78.2 Å². The van der Waals surface area contributed by atoms with E-state index < -0.39 is 35.2 Å². The van der Waals surface area contributed by atoms with E-state index in [0.717, 1.165) is 103 Å². The second-order valence-corrected chi connectivity index (χ2v) is 27.1. The Morgan fingerprint density at radius 2 is 0.922 bits per heavy atom. The number of rotatable bonds is 22. The lowest BCUT2D eigenvalue weighted by Gasteiger charge is -2.24. The minimum absolute atomic E-state index is 0. The van der Waals surface area contributed by atoms with Gasteiger partial charge in [-0.2, -0.15) is 44.8 Å². The molecule has 103 heavy (non-hydrogen) atoms. The zero-order valence-electron chi connectivity index (χ0n) is 59.4. The van der Waals surface area contributed by atoms with Gasteiger partial charge in [-0.1, -0.05) is 119 Å². The summed E-state index contributed by atoms with van der Waals surface area (Å²) in [4.78, 5) is 48.5. The zero-order valence-corrected chi connectivity index (χ0v) is 67.4. The highest BCUT2D eigenvalue weighted by Gasteiger charge is 2.34. The number of nitrogens with one attached hydrogen (secondary N) is 1. The van der Waals surface area contributed by atoms with Crippen molar-refractivity contribution in [1.29, 1.82) is 6.60 Å². The van der Waals surface area contributed by atoms with Gasteiger partial charge in [0.05, 0.1) is 86.7 Å². The summed E-state index contributed by atoms with van der Waals surface area (Å²) in [6.45, 7) is 6.73. The molecule has 1 radical (unpaired) electrons. The number of alkyl halides is 10. The Hall–Kier alpha value is -5.96. The number of hydrogen-bond donors (Lipinski definition) is 2. The van der Waals surface area contributed by atoms with Crippen molar-refractivity contribution in [2.24, 2.45) is 5.73 Å². The van der Waals surface area contributed by atoms with Gasteiger partial charge in [-0.05, 0) is 177 Å². The first-order valence-corrected chi connectivity index (χ1v) is 37.3. The van der Waals surface area contributed by atoms with Crippen LogP contribution in [0.2, 0.25) is 21.9 Å². The molecule has 0 bridgehead atoms. The van der Waals surface area contributed by atoms with E-state index in [1.165, 1.54) is 88.9 Å². The molecule has 9 aromatic rings. The van der Waals surface area contributed by atoms with E-state index in [9.17, 15) is 49.1 Å². The topological polar surface area (TPSA) is 148 Å². The summed E-state index contributed by atoms with van der Waals surface area (Å²) in [6, 6.07) is 37.8. The standard InChI is InChI=1S/C24H26ClF3N3OS.C23H23ClF3N3OS.C16H10ClF3N2S.C5H14N2.C2H3N.CH4B.CH3I.HI/c1-31(2,3)13-5-4-12-22(32)30(20-11-7-9-18(15-20)24(26,27)28)23-29-21(16-33-23)17-8-6-10-19(25)14-17;1-29(2)12-4-3-11-21(31)30(19-10-6-8-17(14-19)23(25,26)27)22-28-20(15-32-22)16-7-5-9-18(24)13-16;17-12-5-1-3-10(7-12)14-9-23-15(22-14)21-13-6-2-4-11(8-13)16(18,19)20;1-7(2)5-3-4-6;1-2-3;2*1-2;/h6-11,14-16H,4-5,12-13H2,1-3H3;5-10,13-15H,3-4,11-12H2,1-2H3;1-9H,(H,21,22);3-6H2,1-2H3;1H3;2H,1H3;1H3;1H/q+1;;;;;;;/p-1/i;;;;;2T;;. The molecule has 0 atom stereocenters. The SMILES string of the molecule is CC#N.CI.CN(C)CCCCC(=O)N(c1cccc(C(F)(F)F)c1)c1nc(-c2cccc(Cl)c2)cs1.CN(C)CCCN.C[N+](C)(C)CCCCC(=O)N(c1cccc(C(F)(F)F)c1)c1nc(-c2cccc(Cl)c2)cs1.FC(F)(F)c1cccc(Nc2nc(-c3cccc(Cl)c3)cs2)c1.[3H][B]C.[I-]. The number of carbonyl (C=O) groups is 2. The van der Waals surface area contributed by atoms with Crippen LogP contribution in [0.15, 0.2) is 162 Å². The Morgan fingerprint density at radius 3 is 1.28 bits per heavy atom. The Bertz CT molecular complexity index is 4050. The van der Waals surface area contributed by atoms with Crippen LogP contribution >= 0.6 is 91.4 Å². The molecule has 3 aromatic heterocycles. The van der Waals surface area contributed by atoms with Crippen molar-refractivity contribution in [1.82, 2.24) is 24.8 Å². The summed E-state index contributed by atoms with van der Waals surface area (Å²) >= 11 is 24.0. The molecule has 31 heteroatoms. The van der Waals surface area contributed by atoms with Crippen LogP contribution in [0.25, 0.3) is 33.8 Å². The second-order valence-electron chi connectivity index (χ2n) is 23.3. The third kappa shape index (κ3) is 34.0. The molecule has 0 unspecified atom stereocenters. The van der Waals surface area contributed by atoms with Crippen LogP contribution in [0.3, 0.4) is 0 Å². The van der Waals surface area contributed by atoms with Gasteiger partial charge in [-0.15, -0.1) is 34.0 Å². The molecular weight excluding hydrogens is 1690 g/mol. The molecule has 3 heterocycles. The predicted molar refractivity (Wildman–Crippen MR) is 415 cm³/mol. The molecule has 3 N–H and O–H groups in total. The number of carbonyl (C=O) groups excluding carboxylic acids is 2. The number of nitriles is 1. The molecular formula is C72H83BCl3F9I2N11O2S3. The third-order valence-corrected chi connectivity index (χ3v) is 16.7. The Morgan fingerprint density at radius 1 is 0.573 bits per heavy atom. The summed E-state index contributed by atoms with van der Waals surface area (Å²) < 4.78 is 125. The van der Waals surface area contributed by atoms with Gasteiger partial charge in [0.25, 0.3) is 0 Å². The van der Waals surface area contributed by atoms with Gasteiger partial charge in [0.2, 0.25) is 11.8 Å². The summed E-state index contributed by atoms with van der Waals surface area (Å²) in [7, 11) is 15.5. The van der Waals surface area contributed by atoms with E-state index in [2.05, 4.69) is 83.0 Å². The largest absolute Gasteiger partial charge is 1.00 e. The number of hydrogen-bond acceptors (Lipinski definition) is 13. The lowest BCUT2D eigenvalue weighted by atomic mass is 10.1. The highest BCUT2D eigenvalue weighted by Crippen LogP contribution is 2.40. The van der Waals surface area contributed by atoms with Crippen molar-refractivity contribution in [3.8, 4) is 39.8 Å². The van der Waals surface area contributed by atoms with Crippen LogP contribution in [0.5, 0.6) is 0 Å². The first kappa shape index (κ1) is 91.3. The minimum atomic E-state index is -4.51. The Balaban J connectivity index is 0.000000485. The van der Waals surface area contributed by atoms with Gasteiger partial charge < -0.3 is 49.3 Å². The van der Waals surface area contributed by atoms with Gasteiger partial charge in [0.15, 0.2) is 15.4 Å². The summed E-state index contributed by atoms with van der Waals surface area (Å²) in [6.07, 6.45) is -8.97. The maximum absolute atomic E-state index is 13.3. The van der Waals surface area contributed by atoms with Gasteiger partial charge >= 0.3 is 18.5 Å². The number of anilines is 6. The van der Waals surface area contributed by atoms with Crippen molar-refractivity contribution in [3.05, 3.63) is 193 Å². The molecule has 2 amide bonds. The molecule has 9 rings (SSSR count). The van der Waals surface area contributed by atoms with Crippen molar-refractivity contribution >= 4 is 143 Å². The maximum Gasteiger partial charge on any atom is 0.416 e. The number of thiazole rings is 3. The molecule has 13 nitrogen and oxygen atoms in total. The number of benzene rings is 6. The monoisotopic (exact) mass is 1770 g/mol. The normalized spacial score (nSPS) is 11.1. The van der Waals surface area contributed by atoms with Crippen LogP contribution in [0.1, 0.15) is 68.6 Å². The molecule has 6 aromatic carbocycles. The van der Waals surface area contributed by atoms with Gasteiger partial charge in [-0.25, -0.2) is 15.0 Å². The van der Waals surface area contributed by atoms with Crippen molar-refractivity contribution in [2.75, 3.05) is 95.6 Å². The van der Waals surface area contributed by atoms with Crippen LogP contribution in [-0.2, 0) is 28.1 Å². The van der Waals surface area contributed by atoms with Crippen molar-refractivity contribution < 1.29 is 77.6 Å². The smallest absolute Gasteiger partial charge is 0.416 e. The minimum Gasteiger partial charge on any atom is -1.00 e. The first-order valence-electron chi connectivity index (χ1n) is 31.9. The molecule has 0 fully saturated rings. The highest BCUT2D eigenvalue weighted by molar-refractivity contribution is 14.1. The lowest BCUT2D eigenvalue weighted by Crippen LogP contribution is -3.00. The predicted octanol–water partition coefficient (Wildman–Crippen LogP) is 18.5. The third-order valence-electron chi connectivity index (χ3n) is 13.6. The molecule has 0 aliphatic heterocycles. The van der Waals surface area contributed by atoms with Crippen molar-refractivity contribution in [3.63, 3.8) is 0 Å².